The highest BCUT2D eigenvalue weighted by Gasteiger charge is 2.14. The summed E-state index contributed by atoms with van der Waals surface area (Å²) in [5.41, 5.74) is 3.45. The number of aliphatic imine (C=N–C) groups is 1. The second kappa shape index (κ2) is 11.7. The summed E-state index contributed by atoms with van der Waals surface area (Å²) < 4.78 is 7.10. The minimum Gasteiger partial charge on any atom is -0.467 e. The van der Waals surface area contributed by atoms with Gasteiger partial charge in [-0.1, -0.05) is 0 Å². The first-order valence-electron chi connectivity index (χ1n) is 9.23. The Hall–Kier alpha value is -2.04. The van der Waals surface area contributed by atoms with E-state index in [9.17, 15) is 4.79 Å². The smallest absolute Gasteiger partial charge is 0.242 e. The van der Waals surface area contributed by atoms with Crippen molar-refractivity contribution in [2.24, 2.45) is 12.0 Å². The highest BCUT2D eigenvalue weighted by Crippen LogP contribution is 2.14. The van der Waals surface area contributed by atoms with E-state index in [-0.39, 0.29) is 42.5 Å². The number of amides is 1. The molecule has 2 aromatic heterocycles. The molecule has 0 spiro atoms. The number of nitrogens with zero attached hydrogens (tertiary/aromatic N) is 3. The third-order valence-electron chi connectivity index (χ3n) is 4.32. The number of carbonyl (C=O) groups is 1. The summed E-state index contributed by atoms with van der Waals surface area (Å²) >= 11 is 0. The van der Waals surface area contributed by atoms with Crippen LogP contribution in [0, 0.1) is 13.8 Å². The summed E-state index contributed by atoms with van der Waals surface area (Å²) in [6.45, 7) is 9.32. The molecule has 0 saturated heterocycles. The molecular weight excluding hydrogens is 471 g/mol. The Labute approximate surface area is 183 Å². The van der Waals surface area contributed by atoms with Crippen LogP contribution in [-0.4, -0.2) is 40.8 Å². The van der Waals surface area contributed by atoms with E-state index in [1.54, 1.807) is 12.3 Å². The maximum absolute atomic E-state index is 12.0. The van der Waals surface area contributed by atoms with Crippen molar-refractivity contribution in [3.63, 3.8) is 0 Å². The lowest BCUT2D eigenvalue weighted by Crippen LogP contribution is -2.43. The maximum Gasteiger partial charge on any atom is 0.242 e. The van der Waals surface area contributed by atoms with Crippen LogP contribution in [0.25, 0.3) is 0 Å². The van der Waals surface area contributed by atoms with Crippen molar-refractivity contribution in [2.45, 2.75) is 46.7 Å². The Kier molecular flexibility index (Phi) is 10.0. The van der Waals surface area contributed by atoms with Crippen molar-refractivity contribution in [1.29, 1.82) is 0 Å². The molecule has 1 unspecified atom stereocenters. The highest BCUT2D eigenvalue weighted by molar-refractivity contribution is 14.0. The molecule has 156 valence electrons. The Bertz CT molecular complexity index is 770. The number of rotatable bonds is 8. The Morgan fingerprint density at radius 3 is 2.68 bits per heavy atom. The zero-order chi connectivity index (χ0) is 19.8. The molecule has 2 heterocycles. The van der Waals surface area contributed by atoms with E-state index >= 15 is 0 Å². The first-order valence-corrected chi connectivity index (χ1v) is 9.23. The SMILES string of the molecule is CCNC(=NCC(=O)NCc1ccco1)NC(C)Cc1c(C)nn(C)c1C.I. The van der Waals surface area contributed by atoms with Crippen LogP contribution in [0.15, 0.2) is 27.8 Å². The van der Waals surface area contributed by atoms with Gasteiger partial charge in [-0.3, -0.25) is 9.48 Å². The van der Waals surface area contributed by atoms with E-state index in [0.29, 0.717) is 18.3 Å². The fourth-order valence-electron chi connectivity index (χ4n) is 2.83. The second-order valence-corrected chi connectivity index (χ2v) is 6.57. The topological polar surface area (TPSA) is 96.5 Å². The highest BCUT2D eigenvalue weighted by atomic mass is 127. The monoisotopic (exact) mass is 502 g/mol. The van der Waals surface area contributed by atoms with Gasteiger partial charge in [0.15, 0.2) is 5.96 Å². The van der Waals surface area contributed by atoms with E-state index in [4.69, 9.17) is 4.42 Å². The number of hydrogen-bond acceptors (Lipinski definition) is 4. The third-order valence-corrected chi connectivity index (χ3v) is 4.32. The maximum atomic E-state index is 12.0. The second-order valence-electron chi connectivity index (χ2n) is 6.57. The standard InChI is InChI=1S/C19H30N6O2.HI/c1-6-20-19(22-12-18(26)21-11-16-8-7-9-27-16)23-13(2)10-17-14(3)24-25(5)15(17)4;/h7-9,13H,6,10-12H2,1-5H3,(H,21,26)(H2,20,22,23);1H. The minimum atomic E-state index is -0.157. The van der Waals surface area contributed by atoms with Gasteiger partial charge in [0.05, 0.1) is 18.5 Å². The fourth-order valence-corrected chi connectivity index (χ4v) is 2.83. The average molecular weight is 502 g/mol. The zero-order valence-corrected chi connectivity index (χ0v) is 19.5. The van der Waals surface area contributed by atoms with Gasteiger partial charge < -0.3 is 20.4 Å². The Morgan fingerprint density at radius 2 is 2.11 bits per heavy atom. The quantitative estimate of drug-likeness (QED) is 0.292. The number of nitrogens with one attached hydrogen (secondary N) is 3. The lowest BCUT2D eigenvalue weighted by molar-refractivity contribution is -0.119. The molecule has 1 amide bonds. The van der Waals surface area contributed by atoms with Crippen molar-refractivity contribution in [3.8, 4) is 0 Å². The third kappa shape index (κ3) is 7.17. The van der Waals surface area contributed by atoms with Crippen LogP contribution >= 0.6 is 24.0 Å². The molecule has 0 aliphatic rings. The van der Waals surface area contributed by atoms with Crippen LogP contribution in [0.3, 0.4) is 0 Å². The molecule has 2 rings (SSSR count). The first-order chi connectivity index (χ1) is 12.9. The van der Waals surface area contributed by atoms with Crippen LogP contribution in [0.4, 0.5) is 0 Å². The van der Waals surface area contributed by atoms with Crippen molar-refractivity contribution in [3.05, 3.63) is 41.1 Å². The summed E-state index contributed by atoms with van der Waals surface area (Å²) in [6.07, 6.45) is 2.42. The van der Waals surface area contributed by atoms with Gasteiger partial charge in [-0.05, 0) is 51.8 Å². The molecule has 0 saturated carbocycles. The number of carbonyl (C=O) groups excluding carboxylic acids is 1. The van der Waals surface area contributed by atoms with Crippen LogP contribution in [0.5, 0.6) is 0 Å². The predicted molar refractivity (Wildman–Crippen MR) is 121 cm³/mol. The molecule has 9 heteroatoms. The van der Waals surface area contributed by atoms with E-state index in [0.717, 1.165) is 18.7 Å². The molecule has 0 bridgehead atoms. The zero-order valence-electron chi connectivity index (χ0n) is 17.2. The molecule has 28 heavy (non-hydrogen) atoms. The van der Waals surface area contributed by atoms with Gasteiger partial charge in [0, 0.05) is 25.3 Å². The predicted octanol–water partition coefficient (Wildman–Crippen LogP) is 2.05. The number of aryl methyl sites for hydroxylation is 2. The summed E-state index contributed by atoms with van der Waals surface area (Å²) in [4.78, 5) is 16.4. The number of halogens is 1. The molecular formula is C19H31IN6O2. The van der Waals surface area contributed by atoms with Crippen molar-refractivity contribution < 1.29 is 9.21 Å². The number of furan rings is 1. The van der Waals surface area contributed by atoms with Gasteiger partial charge in [-0.2, -0.15) is 5.10 Å². The summed E-state index contributed by atoms with van der Waals surface area (Å²) in [5, 5.41) is 13.8. The first kappa shape index (κ1) is 24.0. The molecule has 8 nitrogen and oxygen atoms in total. The van der Waals surface area contributed by atoms with E-state index in [1.165, 1.54) is 11.3 Å². The van der Waals surface area contributed by atoms with E-state index in [1.807, 2.05) is 31.6 Å². The van der Waals surface area contributed by atoms with Gasteiger partial charge in [0.25, 0.3) is 0 Å². The van der Waals surface area contributed by atoms with Gasteiger partial charge in [-0.15, -0.1) is 24.0 Å². The van der Waals surface area contributed by atoms with Crippen LogP contribution < -0.4 is 16.0 Å². The van der Waals surface area contributed by atoms with E-state index in [2.05, 4.69) is 39.9 Å². The van der Waals surface area contributed by atoms with Crippen LogP contribution in [0.1, 0.15) is 36.6 Å². The van der Waals surface area contributed by atoms with Gasteiger partial charge in [0.2, 0.25) is 5.91 Å². The Morgan fingerprint density at radius 1 is 1.36 bits per heavy atom. The lowest BCUT2D eigenvalue weighted by atomic mass is 10.1. The van der Waals surface area contributed by atoms with Crippen molar-refractivity contribution >= 4 is 35.8 Å². The summed E-state index contributed by atoms with van der Waals surface area (Å²) in [6, 6.07) is 3.76. The molecule has 1 atom stereocenters. The minimum absolute atomic E-state index is 0. The number of hydrogen-bond donors (Lipinski definition) is 3. The molecule has 0 fully saturated rings. The molecule has 0 aliphatic carbocycles. The number of guanidine groups is 1. The molecule has 0 aromatic carbocycles. The molecule has 0 aliphatic heterocycles. The van der Waals surface area contributed by atoms with Crippen LogP contribution in [0.2, 0.25) is 0 Å². The van der Waals surface area contributed by atoms with E-state index < -0.39 is 0 Å². The largest absolute Gasteiger partial charge is 0.467 e. The van der Waals surface area contributed by atoms with Crippen LogP contribution in [-0.2, 0) is 24.8 Å². The van der Waals surface area contributed by atoms with Gasteiger partial charge in [-0.25, -0.2) is 4.99 Å². The lowest BCUT2D eigenvalue weighted by Gasteiger charge is -2.18. The van der Waals surface area contributed by atoms with Crippen molar-refractivity contribution in [2.75, 3.05) is 13.1 Å². The molecule has 2 aromatic rings. The normalized spacial score (nSPS) is 12.2. The Balaban J connectivity index is 0.00000392. The fraction of sp³-hybridized carbons (Fsp3) is 0.526. The summed E-state index contributed by atoms with van der Waals surface area (Å²) in [7, 11) is 1.96. The van der Waals surface area contributed by atoms with Crippen molar-refractivity contribution in [1.82, 2.24) is 25.7 Å². The van der Waals surface area contributed by atoms with Gasteiger partial charge >= 0.3 is 0 Å². The van der Waals surface area contributed by atoms with Gasteiger partial charge in [0.1, 0.15) is 12.3 Å². The summed E-state index contributed by atoms with van der Waals surface area (Å²) in [5.74, 6) is 1.18. The molecule has 0 radical (unpaired) electrons. The average Bonchev–Trinajstić information content (AvgIpc) is 3.22. The number of aromatic nitrogens is 2. The molecule has 3 N–H and O–H groups in total.